The molecule has 0 saturated heterocycles. The zero-order chi connectivity index (χ0) is 24.7. The Bertz CT molecular complexity index is 1240. The molecule has 2 aliphatic rings. The van der Waals surface area contributed by atoms with Crippen molar-refractivity contribution in [2.24, 2.45) is 23.5 Å². The van der Waals surface area contributed by atoms with Crippen LogP contribution in [-0.2, 0) is 24.1 Å². The van der Waals surface area contributed by atoms with Crippen LogP contribution in [0.1, 0.15) is 72.9 Å². The Morgan fingerprint density at radius 3 is 2.54 bits per heavy atom. The third-order valence-electron chi connectivity index (χ3n) is 7.65. The molecule has 0 spiro atoms. The van der Waals surface area contributed by atoms with Crippen LogP contribution in [0.3, 0.4) is 0 Å². The lowest BCUT2D eigenvalue weighted by atomic mass is 9.85. The topological polar surface area (TPSA) is 130 Å². The predicted octanol–water partition coefficient (Wildman–Crippen LogP) is 4.13. The summed E-state index contributed by atoms with van der Waals surface area (Å²) in [4.78, 5) is 24.7. The Kier molecular flexibility index (Phi) is 6.21. The van der Waals surface area contributed by atoms with Crippen molar-refractivity contribution in [2.45, 2.75) is 64.8 Å². The van der Waals surface area contributed by atoms with Crippen LogP contribution in [0.2, 0.25) is 0 Å². The maximum Gasteiger partial charge on any atom is 0.254 e. The first-order valence-corrected chi connectivity index (χ1v) is 12.5. The van der Waals surface area contributed by atoms with Crippen LogP contribution in [0.4, 0.5) is 5.82 Å². The van der Waals surface area contributed by atoms with E-state index in [1.807, 2.05) is 44.2 Å². The highest BCUT2D eigenvalue weighted by Crippen LogP contribution is 2.49. The Hall–Kier alpha value is -3.42. The molecule has 1 aromatic carbocycles. The van der Waals surface area contributed by atoms with Crippen molar-refractivity contribution in [2.75, 3.05) is 5.73 Å². The first-order chi connectivity index (χ1) is 16.8. The molecular weight excluding hydrogens is 442 g/mol. The number of rotatable bonds is 9. The Morgan fingerprint density at radius 1 is 1.14 bits per heavy atom. The second kappa shape index (κ2) is 9.32. The van der Waals surface area contributed by atoms with Gasteiger partial charge in [-0.25, -0.2) is 4.68 Å². The molecular formula is C27H33N5O3. The van der Waals surface area contributed by atoms with E-state index >= 15 is 0 Å². The van der Waals surface area contributed by atoms with Crippen LogP contribution in [0.25, 0.3) is 11.3 Å². The van der Waals surface area contributed by atoms with Gasteiger partial charge >= 0.3 is 0 Å². The molecule has 2 bridgehead atoms. The van der Waals surface area contributed by atoms with Gasteiger partial charge in [-0.3, -0.25) is 9.59 Å². The van der Waals surface area contributed by atoms with E-state index in [0.29, 0.717) is 11.5 Å². The standard InChI is InChI=1S/C27H33N5O3/c1-15(2)32-26(28)24(27(29)34)25(30-32)18-6-3-16(4-7-18)11-22(33)14-23-13-21(31-35-23)12-20-10-17-5-8-19(20)9-17/h3-4,6-7,13,15,17,19-20H,5,8-12,14,28H2,1-2H3,(H2,29,34). The molecule has 184 valence electrons. The number of nitrogens with zero attached hydrogens (tertiary/aromatic N) is 3. The fourth-order valence-corrected chi connectivity index (χ4v) is 5.98. The minimum atomic E-state index is -0.615. The van der Waals surface area contributed by atoms with Crippen LogP contribution >= 0.6 is 0 Å². The number of hydrogen-bond donors (Lipinski definition) is 2. The minimum Gasteiger partial charge on any atom is -0.383 e. The van der Waals surface area contributed by atoms with Gasteiger partial charge < -0.3 is 16.0 Å². The summed E-state index contributed by atoms with van der Waals surface area (Å²) in [5.41, 5.74) is 14.9. The SMILES string of the molecule is CC(C)n1nc(-c2ccc(CC(=O)Cc3cc(CC4CC5CCC4C5)no3)cc2)c(C(N)=O)c1N. The maximum atomic E-state index is 12.7. The molecule has 2 aromatic heterocycles. The maximum absolute atomic E-state index is 12.7. The summed E-state index contributed by atoms with van der Waals surface area (Å²) in [6.45, 7) is 3.87. The van der Waals surface area contributed by atoms with Crippen molar-refractivity contribution in [3.63, 3.8) is 0 Å². The first-order valence-electron chi connectivity index (χ1n) is 12.5. The smallest absolute Gasteiger partial charge is 0.254 e. The highest BCUT2D eigenvalue weighted by molar-refractivity contribution is 6.03. The molecule has 2 saturated carbocycles. The predicted molar refractivity (Wildman–Crippen MR) is 133 cm³/mol. The van der Waals surface area contributed by atoms with Crippen molar-refractivity contribution in [1.82, 2.24) is 14.9 Å². The van der Waals surface area contributed by atoms with Gasteiger partial charge in [0, 0.05) is 24.1 Å². The lowest BCUT2D eigenvalue weighted by Crippen LogP contribution is -2.15. The van der Waals surface area contributed by atoms with E-state index < -0.39 is 5.91 Å². The van der Waals surface area contributed by atoms with Gasteiger partial charge in [-0.05, 0) is 62.8 Å². The Morgan fingerprint density at radius 2 is 1.91 bits per heavy atom. The van der Waals surface area contributed by atoms with Crippen molar-refractivity contribution in [1.29, 1.82) is 0 Å². The number of benzene rings is 1. The monoisotopic (exact) mass is 475 g/mol. The van der Waals surface area contributed by atoms with Crippen LogP contribution in [0.15, 0.2) is 34.9 Å². The van der Waals surface area contributed by atoms with E-state index in [-0.39, 0.29) is 36.0 Å². The van der Waals surface area contributed by atoms with Crippen molar-refractivity contribution < 1.29 is 14.1 Å². The number of carbonyl (C=O) groups is 2. The highest BCUT2D eigenvalue weighted by Gasteiger charge is 2.39. The number of ketones is 1. The van der Waals surface area contributed by atoms with E-state index in [1.54, 1.807) is 4.68 Å². The number of nitrogen functional groups attached to an aromatic ring is 1. The normalized spacial score (nSPS) is 21.2. The summed E-state index contributed by atoms with van der Waals surface area (Å²) >= 11 is 0. The van der Waals surface area contributed by atoms with Gasteiger partial charge in [-0.2, -0.15) is 5.10 Å². The van der Waals surface area contributed by atoms with Gasteiger partial charge in [0.25, 0.3) is 5.91 Å². The number of hydrogen-bond acceptors (Lipinski definition) is 6. The van der Waals surface area contributed by atoms with Gasteiger partial charge in [-0.15, -0.1) is 0 Å². The number of primary amides is 1. The zero-order valence-corrected chi connectivity index (χ0v) is 20.4. The Labute approximate surface area is 205 Å². The molecule has 5 rings (SSSR count). The molecule has 3 atom stereocenters. The molecule has 8 heteroatoms. The third-order valence-corrected chi connectivity index (χ3v) is 7.65. The molecule has 0 radical (unpaired) electrons. The minimum absolute atomic E-state index is 0.0105. The number of amides is 1. The van der Waals surface area contributed by atoms with Crippen molar-refractivity contribution in [3.05, 3.63) is 52.9 Å². The van der Waals surface area contributed by atoms with E-state index in [2.05, 4.69) is 10.3 Å². The third kappa shape index (κ3) is 4.74. The molecule has 35 heavy (non-hydrogen) atoms. The average molecular weight is 476 g/mol. The van der Waals surface area contributed by atoms with Crippen LogP contribution in [0.5, 0.6) is 0 Å². The molecule has 2 fully saturated rings. The van der Waals surface area contributed by atoms with E-state index in [1.165, 1.54) is 25.7 Å². The lowest BCUT2D eigenvalue weighted by Gasteiger charge is -2.19. The van der Waals surface area contributed by atoms with Crippen molar-refractivity contribution in [3.8, 4) is 11.3 Å². The fraction of sp³-hybridized carbons (Fsp3) is 0.481. The lowest BCUT2D eigenvalue weighted by molar-refractivity contribution is -0.118. The van der Waals surface area contributed by atoms with E-state index in [9.17, 15) is 9.59 Å². The van der Waals surface area contributed by atoms with Gasteiger partial charge in [0.2, 0.25) is 0 Å². The van der Waals surface area contributed by atoms with Crippen LogP contribution in [0, 0.1) is 17.8 Å². The molecule has 1 amide bonds. The molecule has 0 aliphatic heterocycles. The summed E-state index contributed by atoms with van der Waals surface area (Å²) in [5.74, 6) is 2.81. The van der Waals surface area contributed by atoms with E-state index in [0.717, 1.165) is 41.0 Å². The van der Waals surface area contributed by atoms with Crippen LogP contribution < -0.4 is 11.5 Å². The highest BCUT2D eigenvalue weighted by atomic mass is 16.5. The molecule has 4 N–H and O–H groups in total. The van der Waals surface area contributed by atoms with Gasteiger partial charge in [0.15, 0.2) is 0 Å². The average Bonchev–Trinajstić information content (AvgIpc) is 3.59. The summed E-state index contributed by atoms with van der Waals surface area (Å²) in [5, 5.41) is 8.73. The summed E-state index contributed by atoms with van der Waals surface area (Å²) in [6.07, 6.45) is 6.91. The van der Waals surface area contributed by atoms with Gasteiger partial charge in [0.05, 0.1) is 12.1 Å². The summed E-state index contributed by atoms with van der Waals surface area (Å²) in [6, 6.07) is 9.34. The molecule has 2 aliphatic carbocycles. The largest absolute Gasteiger partial charge is 0.383 e. The summed E-state index contributed by atoms with van der Waals surface area (Å²) in [7, 11) is 0. The number of carbonyl (C=O) groups excluding carboxylic acids is 2. The Balaban J connectivity index is 1.21. The number of Topliss-reactive ketones (excluding diaryl/α,β-unsaturated/α-hetero) is 1. The van der Waals surface area contributed by atoms with Gasteiger partial charge in [0.1, 0.15) is 28.6 Å². The molecule has 3 unspecified atom stereocenters. The summed E-state index contributed by atoms with van der Waals surface area (Å²) < 4.78 is 7.06. The number of aromatic nitrogens is 3. The van der Waals surface area contributed by atoms with E-state index in [4.69, 9.17) is 16.0 Å². The molecule has 3 aromatic rings. The molecule has 2 heterocycles. The quantitative estimate of drug-likeness (QED) is 0.478. The van der Waals surface area contributed by atoms with Gasteiger partial charge in [-0.1, -0.05) is 35.8 Å². The second-order valence-electron chi connectivity index (χ2n) is 10.5. The number of anilines is 1. The number of fused-ring (bicyclic) bond motifs is 2. The fourth-order valence-electron chi connectivity index (χ4n) is 5.98. The first kappa shape index (κ1) is 23.3. The van der Waals surface area contributed by atoms with Crippen molar-refractivity contribution >= 4 is 17.5 Å². The van der Waals surface area contributed by atoms with Crippen LogP contribution in [-0.4, -0.2) is 26.6 Å². The zero-order valence-electron chi connectivity index (χ0n) is 20.4. The molecule has 8 nitrogen and oxygen atoms in total. The second-order valence-corrected chi connectivity index (χ2v) is 10.5. The number of nitrogens with two attached hydrogens (primary N) is 2.